The summed E-state index contributed by atoms with van der Waals surface area (Å²) in [6.45, 7) is 3.04. The molecule has 0 bridgehead atoms. The number of aryl methyl sites for hydroxylation is 1. The van der Waals surface area contributed by atoms with Crippen molar-refractivity contribution in [3.63, 3.8) is 0 Å². The number of anilines is 1. The number of aromatic nitrogens is 1. The van der Waals surface area contributed by atoms with Crippen LogP contribution in [0.2, 0.25) is 0 Å². The summed E-state index contributed by atoms with van der Waals surface area (Å²) in [5.41, 5.74) is 1.06. The first-order valence-corrected chi connectivity index (χ1v) is 6.19. The topological polar surface area (TPSA) is 77.3 Å². The molecule has 0 aliphatic rings. The molecule has 1 aromatic heterocycles. The van der Waals surface area contributed by atoms with Crippen LogP contribution in [0.3, 0.4) is 0 Å². The minimum absolute atomic E-state index is 0.0216. The summed E-state index contributed by atoms with van der Waals surface area (Å²) in [4.78, 5) is 14.0. The third-order valence-electron chi connectivity index (χ3n) is 2.72. The van der Waals surface area contributed by atoms with Crippen molar-refractivity contribution in [3.05, 3.63) is 58.3 Å². The first-order chi connectivity index (χ1) is 9.66. The maximum Gasteiger partial charge on any atom is 0.287 e. The summed E-state index contributed by atoms with van der Waals surface area (Å²) in [5, 5.41) is 13.5. The molecular weight excluding hydrogens is 258 g/mol. The first-order valence-electron chi connectivity index (χ1n) is 6.19. The van der Waals surface area contributed by atoms with Gasteiger partial charge in [-0.2, -0.15) is 0 Å². The monoisotopic (exact) mass is 273 g/mol. The Morgan fingerprint density at radius 3 is 2.75 bits per heavy atom. The lowest BCUT2D eigenvalue weighted by Gasteiger charge is -2.09. The molecule has 0 aliphatic carbocycles. The summed E-state index contributed by atoms with van der Waals surface area (Å²) in [5.74, 6) is 1.44. The zero-order valence-corrected chi connectivity index (χ0v) is 11.1. The number of ether oxygens (including phenoxy) is 1. The van der Waals surface area contributed by atoms with E-state index in [0.29, 0.717) is 19.0 Å². The highest BCUT2D eigenvalue weighted by Crippen LogP contribution is 2.16. The number of hydrogen-bond acceptors (Lipinski definition) is 5. The van der Waals surface area contributed by atoms with E-state index in [2.05, 4.69) is 10.3 Å². The molecule has 6 heteroatoms. The van der Waals surface area contributed by atoms with E-state index in [-0.39, 0.29) is 5.69 Å². The SMILES string of the molecule is Cc1ccccc1OCCNc1ccc([N+](=O)[O-])cn1. The van der Waals surface area contributed by atoms with Gasteiger partial charge < -0.3 is 10.1 Å². The van der Waals surface area contributed by atoms with Crippen molar-refractivity contribution in [3.8, 4) is 5.75 Å². The molecule has 2 rings (SSSR count). The lowest BCUT2D eigenvalue weighted by Crippen LogP contribution is -2.12. The Balaban J connectivity index is 1.79. The van der Waals surface area contributed by atoms with Crippen molar-refractivity contribution < 1.29 is 9.66 Å². The molecule has 104 valence electrons. The molecule has 0 amide bonds. The number of nitrogens with zero attached hydrogens (tertiary/aromatic N) is 2. The second-order valence-corrected chi connectivity index (χ2v) is 4.20. The van der Waals surface area contributed by atoms with E-state index in [0.717, 1.165) is 11.3 Å². The van der Waals surface area contributed by atoms with Crippen LogP contribution in [0, 0.1) is 17.0 Å². The van der Waals surface area contributed by atoms with Crippen LogP contribution in [-0.2, 0) is 0 Å². The van der Waals surface area contributed by atoms with Gasteiger partial charge in [-0.3, -0.25) is 10.1 Å². The summed E-state index contributed by atoms with van der Waals surface area (Å²) in [7, 11) is 0. The van der Waals surface area contributed by atoms with Gasteiger partial charge in [0.05, 0.1) is 11.5 Å². The quantitative estimate of drug-likeness (QED) is 0.497. The van der Waals surface area contributed by atoms with Gasteiger partial charge in [-0.1, -0.05) is 18.2 Å². The van der Waals surface area contributed by atoms with Gasteiger partial charge in [0.1, 0.15) is 24.4 Å². The van der Waals surface area contributed by atoms with Gasteiger partial charge in [0.2, 0.25) is 0 Å². The second-order valence-electron chi connectivity index (χ2n) is 4.20. The summed E-state index contributed by atoms with van der Waals surface area (Å²) in [6, 6.07) is 10.8. The van der Waals surface area contributed by atoms with Gasteiger partial charge in [-0.05, 0) is 24.6 Å². The molecule has 0 atom stereocenters. The van der Waals surface area contributed by atoms with E-state index in [4.69, 9.17) is 4.74 Å². The van der Waals surface area contributed by atoms with E-state index in [1.165, 1.54) is 12.3 Å². The van der Waals surface area contributed by atoms with Crippen LogP contribution in [0.25, 0.3) is 0 Å². The standard InChI is InChI=1S/C14H15N3O3/c1-11-4-2-3-5-13(11)20-9-8-15-14-7-6-12(10-16-14)17(18)19/h2-7,10H,8-9H2,1H3,(H,15,16). The lowest BCUT2D eigenvalue weighted by atomic mass is 10.2. The van der Waals surface area contributed by atoms with E-state index in [1.54, 1.807) is 6.07 Å². The van der Waals surface area contributed by atoms with Gasteiger partial charge >= 0.3 is 0 Å². The average Bonchev–Trinajstić information content (AvgIpc) is 2.46. The molecule has 0 aliphatic heterocycles. The Kier molecular flexibility index (Phi) is 4.49. The molecule has 2 aromatic rings. The fraction of sp³-hybridized carbons (Fsp3) is 0.214. The largest absolute Gasteiger partial charge is 0.491 e. The van der Waals surface area contributed by atoms with E-state index in [9.17, 15) is 10.1 Å². The highest BCUT2D eigenvalue weighted by Gasteiger charge is 2.04. The Morgan fingerprint density at radius 2 is 2.10 bits per heavy atom. The molecule has 1 N–H and O–H groups in total. The average molecular weight is 273 g/mol. The van der Waals surface area contributed by atoms with Crippen LogP contribution in [0.1, 0.15) is 5.56 Å². The van der Waals surface area contributed by atoms with Crippen molar-refractivity contribution in [2.75, 3.05) is 18.5 Å². The second kappa shape index (κ2) is 6.51. The summed E-state index contributed by atoms with van der Waals surface area (Å²) < 4.78 is 5.62. The van der Waals surface area contributed by atoms with Gasteiger partial charge in [-0.25, -0.2) is 4.98 Å². The van der Waals surface area contributed by atoms with Gasteiger partial charge in [0, 0.05) is 6.07 Å². The fourth-order valence-corrected chi connectivity index (χ4v) is 1.66. The lowest BCUT2D eigenvalue weighted by molar-refractivity contribution is -0.385. The van der Waals surface area contributed by atoms with Crippen molar-refractivity contribution in [1.29, 1.82) is 0 Å². The molecule has 0 fully saturated rings. The third-order valence-corrected chi connectivity index (χ3v) is 2.72. The number of benzene rings is 1. The molecule has 6 nitrogen and oxygen atoms in total. The number of pyridine rings is 1. The molecule has 20 heavy (non-hydrogen) atoms. The molecule has 0 radical (unpaired) electrons. The van der Waals surface area contributed by atoms with Crippen molar-refractivity contribution >= 4 is 11.5 Å². The smallest absolute Gasteiger partial charge is 0.287 e. The Morgan fingerprint density at radius 1 is 1.30 bits per heavy atom. The summed E-state index contributed by atoms with van der Waals surface area (Å²) >= 11 is 0. The first kappa shape index (κ1) is 13.8. The minimum atomic E-state index is -0.474. The molecule has 1 heterocycles. The van der Waals surface area contributed by atoms with Gasteiger partial charge in [-0.15, -0.1) is 0 Å². The van der Waals surface area contributed by atoms with Gasteiger partial charge in [0.15, 0.2) is 0 Å². The maximum atomic E-state index is 10.5. The zero-order chi connectivity index (χ0) is 14.4. The van der Waals surface area contributed by atoms with Crippen LogP contribution in [0.15, 0.2) is 42.6 Å². The highest BCUT2D eigenvalue weighted by molar-refractivity contribution is 5.40. The molecule has 1 aromatic carbocycles. The minimum Gasteiger partial charge on any atom is -0.491 e. The number of para-hydroxylation sites is 1. The maximum absolute atomic E-state index is 10.5. The molecule has 0 saturated carbocycles. The molecule has 0 spiro atoms. The number of hydrogen-bond donors (Lipinski definition) is 1. The van der Waals surface area contributed by atoms with Crippen LogP contribution >= 0.6 is 0 Å². The molecule has 0 saturated heterocycles. The van der Waals surface area contributed by atoms with E-state index >= 15 is 0 Å². The molecular formula is C14H15N3O3. The normalized spacial score (nSPS) is 10.1. The number of nitrogens with one attached hydrogen (secondary N) is 1. The molecule has 0 unspecified atom stereocenters. The zero-order valence-electron chi connectivity index (χ0n) is 11.1. The van der Waals surface area contributed by atoms with Crippen LogP contribution in [0.5, 0.6) is 5.75 Å². The van der Waals surface area contributed by atoms with Gasteiger partial charge in [0.25, 0.3) is 5.69 Å². The Labute approximate surface area is 116 Å². The number of rotatable bonds is 6. The predicted octanol–water partition coefficient (Wildman–Crippen LogP) is 2.79. The van der Waals surface area contributed by atoms with E-state index in [1.807, 2.05) is 31.2 Å². The Hall–Kier alpha value is -2.63. The van der Waals surface area contributed by atoms with Crippen LogP contribution in [-0.4, -0.2) is 23.1 Å². The van der Waals surface area contributed by atoms with E-state index < -0.39 is 4.92 Å². The van der Waals surface area contributed by atoms with Crippen molar-refractivity contribution in [2.24, 2.45) is 0 Å². The van der Waals surface area contributed by atoms with Crippen molar-refractivity contribution in [2.45, 2.75) is 6.92 Å². The van der Waals surface area contributed by atoms with Crippen LogP contribution < -0.4 is 10.1 Å². The fourth-order valence-electron chi connectivity index (χ4n) is 1.66. The third kappa shape index (κ3) is 3.68. The number of nitro groups is 1. The van der Waals surface area contributed by atoms with Crippen LogP contribution in [0.4, 0.5) is 11.5 Å². The summed E-state index contributed by atoms with van der Waals surface area (Å²) in [6.07, 6.45) is 1.23. The van der Waals surface area contributed by atoms with Crippen molar-refractivity contribution in [1.82, 2.24) is 4.98 Å². The predicted molar refractivity (Wildman–Crippen MR) is 76.1 cm³/mol. The highest BCUT2D eigenvalue weighted by atomic mass is 16.6. The Bertz CT molecular complexity index is 584.